The van der Waals surface area contributed by atoms with Gasteiger partial charge in [-0.25, -0.2) is 13.0 Å². The average molecular weight is 766 g/mol. The molecule has 0 saturated carbocycles. The van der Waals surface area contributed by atoms with Crippen molar-refractivity contribution < 1.29 is 17.5 Å². The number of benzene rings is 4. The molecule has 1 aliphatic carbocycles. The van der Waals surface area contributed by atoms with Crippen LogP contribution in [-0.4, -0.2) is 46.3 Å². The molecule has 0 amide bonds. The standard InChI is InChI=1S/C34H32N3OS3.C7H8O3S/c1-4-35-26-17-15-23-12-8-10-14-25(23)33(26)41-30(35)21-31-37(6-3)34(38)28(40-31)19-20-29-36(5-2)32-24-13-9-7-11-22(24)16-18-27(32)39-29;1-6-2-4-7(5-3-6)11(8,9)10/h7-21,26,33H,4-6H2,1-3H3;2-5H,1H3,(H,8,9,10)/q+1;/p-1/b28-19-,29-20-;. The van der Waals surface area contributed by atoms with Crippen molar-refractivity contribution >= 4 is 84.7 Å². The number of hydrogen-bond donors (Lipinski definition) is 0. The van der Waals surface area contributed by atoms with Crippen LogP contribution in [0.3, 0.4) is 0 Å². The Kier molecular flexibility index (Phi) is 10.5. The second kappa shape index (κ2) is 15.1. The van der Waals surface area contributed by atoms with E-state index in [9.17, 15) is 17.8 Å². The maximum Gasteiger partial charge on any atom is 0.269 e. The third-order valence-corrected chi connectivity index (χ3v) is 13.9. The quantitative estimate of drug-likeness (QED) is 0.132. The second-order valence-electron chi connectivity index (χ2n) is 12.6. The van der Waals surface area contributed by atoms with Crippen molar-refractivity contribution in [2.24, 2.45) is 0 Å². The summed E-state index contributed by atoms with van der Waals surface area (Å²) >= 11 is 5.30. The number of aromatic nitrogens is 1. The highest BCUT2D eigenvalue weighted by Gasteiger charge is 2.43. The molecule has 3 heterocycles. The van der Waals surface area contributed by atoms with Gasteiger partial charge in [-0.2, -0.15) is 0 Å². The predicted molar refractivity (Wildman–Crippen MR) is 218 cm³/mol. The molecule has 0 bridgehead atoms. The van der Waals surface area contributed by atoms with E-state index in [1.54, 1.807) is 35.2 Å². The van der Waals surface area contributed by atoms with Crippen molar-refractivity contribution in [3.63, 3.8) is 0 Å². The molecule has 0 fully saturated rings. The summed E-state index contributed by atoms with van der Waals surface area (Å²) in [5.74, 6) is 0. The van der Waals surface area contributed by atoms with Gasteiger partial charge in [0.25, 0.3) is 5.56 Å². The Morgan fingerprint density at radius 2 is 1.65 bits per heavy atom. The third kappa shape index (κ3) is 7.00. The number of thiazole rings is 1. The molecule has 3 aliphatic rings. The predicted octanol–water partition coefficient (Wildman–Crippen LogP) is 7.33. The molecule has 0 spiro atoms. The van der Waals surface area contributed by atoms with Gasteiger partial charge in [-0.15, -0.1) is 11.3 Å². The average Bonchev–Trinajstić information content (AvgIpc) is 3.80. The van der Waals surface area contributed by atoms with Gasteiger partial charge in [0.1, 0.15) is 26.6 Å². The maximum atomic E-state index is 13.5. The van der Waals surface area contributed by atoms with Gasteiger partial charge in [-0.3, -0.25) is 9.36 Å². The Hall–Kier alpha value is -4.13. The number of fused-ring (bicyclic) bond motifs is 6. The smallest absolute Gasteiger partial charge is 0.269 e. The zero-order valence-electron chi connectivity index (χ0n) is 29.4. The van der Waals surface area contributed by atoms with E-state index in [4.69, 9.17) is 0 Å². The van der Waals surface area contributed by atoms with Gasteiger partial charge in [0.2, 0.25) is 5.04 Å². The highest BCUT2D eigenvalue weighted by atomic mass is 32.2. The molecule has 4 aromatic carbocycles. The Morgan fingerprint density at radius 1 is 0.904 bits per heavy atom. The number of thioether (sulfide) groups is 2. The van der Waals surface area contributed by atoms with Crippen LogP contribution in [0.5, 0.6) is 0 Å². The highest BCUT2D eigenvalue weighted by molar-refractivity contribution is 8.15. The summed E-state index contributed by atoms with van der Waals surface area (Å²) in [6, 6.07) is 27.8. The lowest BCUT2D eigenvalue weighted by molar-refractivity contribution is -0.544. The van der Waals surface area contributed by atoms with Gasteiger partial charge in [0.05, 0.1) is 26.2 Å². The Labute approximate surface area is 316 Å². The Balaban J connectivity index is 0.000000329. The summed E-state index contributed by atoms with van der Waals surface area (Å²) in [5.41, 5.74) is 5.00. The fraction of sp³-hybridized carbons (Fsp3) is 0.220. The molecule has 8 rings (SSSR count). The molecule has 7 nitrogen and oxygen atoms in total. The minimum Gasteiger partial charge on any atom is -0.744 e. The summed E-state index contributed by atoms with van der Waals surface area (Å²) in [6.07, 6.45) is 11.0. The zero-order valence-corrected chi connectivity index (χ0v) is 32.6. The monoisotopic (exact) mass is 765 g/mol. The Morgan fingerprint density at radius 3 is 2.38 bits per heavy atom. The van der Waals surface area contributed by atoms with Gasteiger partial charge >= 0.3 is 0 Å². The van der Waals surface area contributed by atoms with Gasteiger partial charge in [0, 0.05) is 23.4 Å². The SMILES string of the molecule is CCN1/C(=C/C=c2\s/c(=C\C3=[N+](CC)C4C=Cc5ccccc5C4S3)n(CC)c2=O)Sc2ccc3ccccc3c21.Cc1ccc(S(=O)(=O)[O-])cc1. The number of hydrogen-bond acceptors (Lipinski definition) is 8. The van der Waals surface area contributed by atoms with Crippen molar-refractivity contribution in [3.05, 3.63) is 138 Å². The van der Waals surface area contributed by atoms with Crippen molar-refractivity contribution in [1.82, 2.24) is 4.57 Å². The molecule has 0 saturated heterocycles. The summed E-state index contributed by atoms with van der Waals surface area (Å²) < 4.78 is 37.4. The van der Waals surface area contributed by atoms with Crippen molar-refractivity contribution in [3.8, 4) is 0 Å². The van der Waals surface area contributed by atoms with E-state index in [1.165, 1.54) is 49.7 Å². The van der Waals surface area contributed by atoms with Crippen molar-refractivity contribution in [1.29, 1.82) is 0 Å². The van der Waals surface area contributed by atoms with Crippen LogP contribution in [-0.2, 0) is 16.7 Å². The van der Waals surface area contributed by atoms with Gasteiger partial charge in [-0.05, 0) is 92.4 Å². The summed E-state index contributed by atoms with van der Waals surface area (Å²) in [6.45, 7) is 10.7. The number of aryl methyl sites for hydroxylation is 1. The lowest BCUT2D eigenvalue weighted by Gasteiger charge is -2.20. The first-order valence-electron chi connectivity index (χ1n) is 17.3. The van der Waals surface area contributed by atoms with E-state index in [-0.39, 0.29) is 10.5 Å². The van der Waals surface area contributed by atoms with Crippen LogP contribution >= 0.6 is 34.9 Å². The summed E-state index contributed by atoms with van der Waals surface area (Å²) in [4.78, 5) is 17.0. The second-order valence-corrected chi connectivity index (χ2v) is 17.2. The molecule has 5 aromatic rings. The lowest BCUT2D eigenvalue weighted by Crippen LogP contribution is -2.31. The Bertz CT molecular complexity index is 2570. The number of anilines is 1. The van der Waals surface area contributed by atoms with Crippen LogP contribution < -0.4 is 19.7 Å². The number of nitrogens with zero attached hydrogens (tertiary/aromatic N) is 3. The van der Waals surface area contributed by atoms with Crippen molar-refractivity contribution in [2.75, 3.05) is 18.0 Å². The van der Waals surface area contributed by atoms with E-state index in [1.807, 2.05) is 29.3 Å². The normalized spacial score (nSPS) is 19.2. The largest absolute Gasteiger partial charge is 0.744 e. The molecular formula is C41H39N3O4S4. The lowest BCUT2D eigenvalue weighted by atomic mass is 9.93. The molecule has 52 heavy (non-hydrogen) atoms. The minimum absolute atomic E-state index is 0.0870. The summed E-state index contributed by atoms with van der Waals surface area (Å²) in [5, 5.41) is 5.29. The number of rotatable bonds is 6. The molecule has 2 unspecified atom stereocenters. The molecule has 2 atom stereocenters. The molecule has 0 radical (unpaired) electrons. The number of allylic oxidation sites excluding steroid dienone is 1. The van der Waals surface area contributed by atoms with Crippen LogP contribution in [0, 0.1) is 6.92 Å². The number of likely N-dealkylation sites (N-methyl/N-ethyl adjacent to an activating group) is 1. The zero-order chi connectivity index (χ0) is 36.6. The van der Waals surface area contributed by atoms with Gasteiger partial charge in [0.15, 0.2) is 6.04 Å². The van der Waals surface area contributed by atoms with E-state index >= 15 is 0 Å². The van der Waals surface area contributed by atoms with Crippen LogP contribution in [0.1, 0.15) is 42.7 Å². The first-order valence-corrected chi connectivity index (χ1v) is 21.2. The van der Waals surface area contributed by atoms with Crippen molar-refractivity contribution in [2.45, 2.75) is 55.3 Å². The molecule has 1 aromatic heterocycles. The highest BCUT2D eigenvalue weighted by Crippen LogP contribution is 2.49. The summed E-state index contributed by atoms with van der Waals surface area (Å²) in [7, 11) is -4.27. The fourth-order valence-electron chi connectivity index (χ4n) is 6.86. The van der Waals surface area contributed by atoms with E-state index in [2.05, 4.69) is 115 Å². The molecule has 11 heteroatoms. The van der Waals surface area contributed by atoms with Crippen LogP contribution in [0.15, 0.2) is 117 Å². The molecular weight excluding hydrogens is 727 g/mol. The van der Waals surface area contributed by atoms with E-state index in [0.29, 0.717) is 17.8 Å². The third-order valence-electron chi connectivity index (χ3n) is 9.43. The van der Waals surface area contributed by atoms with E-state index in [0.717, 1.165) is 32.9 Å². The molecule has 266 valence electrons. The fourth-order valence-corrected chi connectivity index (χ4v) is 11.1. The first-order chi connectivity index (χ1) is 25.1. The van der Waals surface area contributed by atoms with Gasteiger partial charge < -0.3 is 9.45 Å². The van der Waals surface area contributed by atoms with Gasteiger partial charge in [-0.1, -0.05) is 90.1 Å². The van der Waals surface area contributed by atoms with Crippen LogP contribution in [0.25, 0.3) is 29.0 Å². The molecule has 0 N–H and O–H groups in total. The first kappa shape index (κ1) is 36.2. The van der Waals surface area contributed by atoms with Crippen LogP contribution in [0.2, 0.25) is 0 Å². The topological polar surface area (TPSA) is 85.5 Å². The van der Waals surface area contributed by atoms with E-state index < -0.39 is 10.1 Å². The minimum atomic E-state index is -4.27. The van der Waals surface area contributed by atoms with Crippen LogP contribution in [0.4, 0.5) is 5.69 Å². The maximum absolute atomic E-state index is 13.5. The molecule has 2 aliphatic heterocycles.